The first kappa shape index (κ1) is 13.3. The molecule has 0 radical (unpaired) electrons. The summed E-state index contributed by atoms with van der Waals surface area (Å²) in [6.45, 7) is 2.06. The number of para-hydroxylation sites is 1. The van der Waals surface area contributed by atoms with Crippen LogP contribution in [0.4, 0.5) is 0 Å². The van der Waals surface area contributed by atoms with Crippen LogP contribution in [-0.4, -0.2) is 31.3 Å². The molecule has 0 fully saturated rings. The standard InChI is InChI=1S/C12H17NO4/c1-8(12(15)17-3)13-7-9-5-4-6-10(16-2)11(9)14/h4-6,8,13-14H,7H2,1-3H3/t8-/m0/s1. The van der Waals surface area contributed by atoms with E-state index in [1.165, 1.54) is 14.2 Å². The Labute approximate surface area is 100 Å². The van der Waals surface area contributed by atoms with Crippen molar-refractivity contribution in [3.63, 3.8) is 0 Å². The normalized spacial score (nSPS) is 11.9. The van der Waals surface area contributed by atoms with Crippen LogP contribution in [0.15, 0.2) is 18.2 Å². The maximum Gasteiger partial charge on any atom is 0.322 e. The number of hydrogen-bond donors (Lipinski definition) is 2. The molecule has 5 heteroatoms. The Bertz CT molecular complexity index is 392. The molecule has 0 spiro atoms. The molecular weight excluding hydrogens is 222 g/mol. The molecule has 1 atom stereocenters. The third-order valence-corrected chi connectivity index (χ3v) is 2.46. The molecule has 0 aliphatic heterocycles. The number of phenolic OH excluding ortho intramolecular Hbond substituents is 1. The van der Waals surface area contributed by atoms with Crippen molar-refractivity contribution in [2.45, 2.75) is 19.5 Å². The molecule has 94 valence electrons. The predicted octanol–water partition coefficient (Wildman–Crippen LogP) is 1.05. The van der Waals surface area contributed by atoms with E-state index in [1.807, 2.05) is 0 Å². The minimum absolute atomic E-state index is 0.0829. The van der Waals surface area contributed by atoms with Gasteiger partial charge in [0.15, 0.2) is 11.5 Å². The first-order valence-electron chi connectivity index (χ1n) is 5.26. The van der Waals surface area contributed by atoms with Gasteiger partial charge in [0.1, 0.15) is 6.04 Å². The molecule has 0 saturated heterocycles. The number of carbonyl (C=O) groups is 1. The Morgan fingerprint density at radius 1 is 1.47 bits per heavy atom. The average Bonchev–Trinajstić information content (AvgIpc) is 2.36. The number of hydrogen-bond acceptors (Lipinski definition) is 5. The fourth-order valence-corrected chi connectivity index (χ4v) is 1.40. The highest BCUT2D eigenvalue weighted by Gasteiger charge is 2.13. The van der Waals surface area contributed by atoms with E-state index < -0.39 is 6.04 Å². The van der Waals surface area contributed by atoms with Crippen LogP contribution in [0.3, 0.4) is 0 Å². The number of aromatic hydroxyl groups is 1. The minimum Gasteiger partial charge on any atom is -0.504 e. The smallest absolute Gasteiger partial charge is 0.322 e. The number of rotatable bonds is 5. The van der Waals surface area contributed by atoms with E-state index in [1.54, 1.807) is 25.1 Å². The van der Waals surface area contributed by atoms with Gasteiger partial charge in [-0.1, -0.05) is 12.1 Å². The molecule has 0 unspecified atom stereocenters. The van der Waals surface area contributed by atoms with Crippen LogP contribution in [0, 0.1) is 0 Å². The summed E-state index contributed by atoms with van der Waals surface area (Å²) < 4.78 is 9.58. The summed E-state index contributed by atoms with van der Waals surface area (Å²) in [5, 5.41) is 12.8. The summed E-state index contributed by atoms with van der Waals surface area (Å²) in [7, 11) is 2.83. The SMILES string of the molecule is COC(=O)[C@H](C)NCc1cccc(OC)c1O. The highest BCUT2D eigenvalue weighted by atomic mass is 16.5. The first-order chi connectivity index (χ1) is 8.10. The number of carbonyl (C=O) groups excluding carboxylic acids is 1. The summed E-state index contributed by atoms with van der Waals surface area (Å²) in [6, 6.07) is 4.78. The molecule has 0 aromatic heterocycles. The van der Waals surface area contributed by atoms with Crippen molar-refractivity contribution >= 4 is 5.97 Å². The summed E-state index contributed by atoms with van der Waals surface area (Å²) in [5.74, 6) is 0.155. The third-order valence-electron chi connectivity index (χ3n) is 2.46. The van der Waals surface area contributed by atoms with Gasteiger partial charge in [-0.15, -0.1) is 0 Å². The van der Waals surface area contributed by atoms with Crippen molar-refractivity contribution in [1.82, 2.24) is 5.32 Å². The van der Waals surface area contributed by atoms with Gasteiger partial charge in [-0.3, -0.25) is 4.79 Å². The Hall–Kier alpha value is -1.75. The van der Waals surface area contributed by atoms with Crippen molar-refractivity contribution in [3.8, 4) is 11.5 Å². The number of ether oxygens (including phenoxy) is 2. The van der Waals surface area contributed by atoms with E-state index in [4.69, 9.17) is 4.74 Å². The van der Waals surface area contributed by atoms with Gasteiger partial charge < -0.3 is 19.9 Å². The van der Waals surface area contributed by atoms with E-state index in [2.05, 4.69) is 10.1 Å². The molecule has 0 saturated carbocycles. The number of phenols is 1. The summed E-state index contributed by atoms with van der Waals surface area (Å²) in [6.07, 6.45) is 0. The van der Waals surface area contributed by atoms with Gasteiger partial charge in [0.2, 0.25) is 0 Å². The number of methoxy groups -OCH3 is 2. The van der Waals surface area contributed by atoms with Crippen LogP contribution in [0.25, 0.3) is 0 Å². The topological polar surface area (TPSA) is 67.8 Å². The first-order valence-corrected chi connectivity index (χ1v) is 5.26. The molecule has 1 rings (SSSR count). The van der Waals surface area contributed by atoms with Gasteiger partial charge in [0.05, 0.1) is 14.2 Å². The molecule has 17 heavy (non-hydrogen) atoms. The van der Waals surface area contributed by atoms with Gasteiger partial charge in [0, 0.05) is 12.1 Å². The molecule has 0 amide bonds. The summed E-state index contributed by atoms with van der Waals surface area (Å²) >= 11 is 0. The zero-order chi connectivity index (χ0) is 12.8. The number of esters is 1. The zero-order valence-corrected chi connectivity index (χ0v) is 10.2. The average molecular weight is 239 g/mol. The molecule has 1 aromatic rings. The van der Waals surface area contributed by atoms with Crippen molar-refractivity contribution in [2.75, 3.05) is 14.2 Å². The van der Waals surface area contributed by atoms with Gasteiger partial charge in [-0.2, -0.15) is 0 Å². The largest absolute Gasteiger partial charge is 0.504 e. The lowest BCUT2D eigenvalue weighted by molar-refractivity contribution is -0.142. The third kappa shape index (κ3) is 3.35. The Kier molecular flexibility index (Phi) is 4.78. The Morgan fingerprint density at radius 3 is 2.76 bits per heavy atom. The van der Waals surface area contributed by atoms with Crippen molar-refractivity contribution in [1.29, 1.82) is 0 Å². The van der Waals surface area contributed by atoms with Gasteiger partial charge >= 0.3 is 5.97 Å². The van der Waals surface area contributed by atoms with Crippen LogP contribution >= 0.6 is 0 Å². The number of nitrogens with one attached hydrogen (secondary N) is 1. The molecule has 2 N–H and O–H groups in total. The highest BCUT2D eigenvalue weighted by molar-refractivity contribution is 5.75. The van der Waals surface area contributed by atoms with Crippen LogP contribution in [0.2, 0.25) is 0 Å². The maximum atomic E-state index is 11.2. The Balaban J connectivity index is 2.66. The van der Waals surface area contributed by atoms with Gasteiger partial charge in [-0.25, -0.2) is 0 Å². The quantitative estimate of drug-likeness (QED) is 0.752. The van der Waals surface area contributed by atoms with Gasteiger partial charge in [0.25, 0.3) is 0 Å². The molecule has 0 heterocycles. The number of benzene rings is 1. The van der Waals surface area contributed by atoms with E-state index in [9.17, 15) is 9.90 Å². The van der Waals surface area contributed by atoms with Gasteiger partial charge in [-0.05, 0) is 13.0 Å². The molecule has 5 nitrogen and oxygen atoms in total. The molecule has 0 aliphatic rings. The van der Waals surface area contributed by atoms with E-state index >= 15 is 0 Å². The lowest BCUT2D eigenvalue weighted by atomic mass is 10.1. The van der Waals surface area contributed by atoms with Crippen LogP contribution in [0.1, 0.15) is 12.5 Å². The highest BCUT2D eigenvalue weighted by Crippen LogP contribution is 2.29. The summed E-state index contributed by atoms with van der Waals surface area (Å²) in [4.78, 5) is 11.2. The van der Waals surface area contributed by atoms with Crippen LogP contribution in [0.5, 0.6) is 11.5 Å². The molecular formula is C12H17NO4. The second-order valence-electron chi connectivity index (χ2n) is 3.59. The second kappa shape index (κ2) is 6.10. The monoisotopic (exact) mass is 239 g/mol. The fraction of sp³-hybridized carbons (Fsp3) is 0.417. The fourth-order valence-electron chi connectivity index (χ4n) is 1.40. The molecule has 0 aliphatic carbocycles. The molecule has 1 aromatic carbocycles. The maximum absolute atomic E-state index is 11.2. The van der Waals surface area contributed by atoms with Crippen molar-refractivity contribution in [2.24, 2.45) is 0 Å². The van der Waals surface area contributed by atoms with E-state index in [0.717, 1.165) is 0 Å². The lowest BCUT2D eigenvalue weighted by Gasteiger charge is -2.13. The summed E-state index contributed by atoms with van der Waals surface area (Å²) in [5.41, 5.74) is 0.667. The molecule has 0 bridgehead atoms. The van der Waals surface area contributed by atoms with Crippen molar-refractivity contribution < 1.29 is 19.4 Å². The Morgan fingerprint density at radius 2 is 2.18 bits per heavy atom. The van der Waals surface area contributed by atoms with Crippen LogP contribution < -0.4 is 10.1 Å². The van der Waals surface area contributed by atoms with Crippen LogP contribution in [-0.2, 0) is 16.1 Å². The minimum atomic E-state index is -0.425. The van der Waals surface area contributed by atoms with E-state index in [-0.39, 0.29) is 11.7 Å². The second-order valence-corrected chi connectivity index (χ2v) is 3.59. The zero-order valence-electron chi connectivity index (χ0n) is 10.2. The van der Waals surface area contributed by atoms with Crippen molar-refractivity contribution in [3.05, 3.63) is 23.8 Å². The lowest BCUT2D eigenvalue weighted by Crippen LogP contribution is -2.34. The van der Waals surface area contributed by atoms with E-state index in [0.29, 0.717) is 17.9 Å². The predicted molar refractivity (Wildman–Crippen MR) is 63.0 cm³/mol.